The van der Waals surface area contributed by atoms with Crippen LogP contribution in [-0.2, 0) is 15.8 Å². The fourth-order valence-electron chi connectivity index (χ4n) is 2.53. The minimum absolute atomic E-state index is 0.000692. The van der Waals surface area contributed by atoms with E-state index in [1.54, 1.807) is 19.1 Å². The average Bonchev–Trinajstić information content (AvgIpc) is 3.47. The van der Waals surface area contributed by atoms with Crippen molar-refractivity contribution in [2.24, 2.45) is 5.73 Å². The van der Waals surface area contributed by atoms with Gasteiger partial charge in [-0.25, -0.2) is 4.79 Å². The third-order valence-electron chi connectivity index (χ3n) is 4.63. The molecule has 34 heavy (non-hydrogen) atoms. The number of nitrogens with zero attached hydrogens (tertiary/aromatic N) is 1. The molecule has 0 bridgehead atoms. The van der Waals surface area contributed by atoms with Gasteiger partial charge in [0.2, 0.25) is 5.91 Å². The zero-order valence-electron chi connectivity index (χ0n) is 17.4. The van der Waals surface area contributed by atoms with E-state index in [0.29, 0.717) is 24.2 Å². The summed E-state index contributed by atoms with van der Waals surface area (Å²) in [6.45, 7) is 1.76. The lowest BCUT2D eigenvalue weighted by molar-refractivity contribution is -0.192. The van der Waals surface area contributed by atoms with Crippen LogP contribution in [0.2, 0.25) is 5.02 Å². The first kappa shape index (κ1) is 27.2. The van der Waals surface area contributed by atoms with Gasteiger partial charge in [-0.05, 0) is 50.1 Å². The van der Waals surface area contributed by atoms with Crippen LogP contribution in [0.4, 0.5) is 37.7 Å². The van der Waals surface area contributed by atoms with Crippen molar-refractivity contribution >= 4 is 34.9 Å². The molecule has 2 aromatic rings. The number of aromatic nitrogens is 1. The maximum atomic E-state index is 13.2. The predicted molar refractivity (Wildman–Crippen MR) is 110 cm³/mol. The molecule has 1 aliphatic carbocycles. The highest BCUT2D eigenvalue weighted by atomic mass is 35.5. The Bertz CT molecular complexity index is 1040. The normalized spacial score (nSPS) is 15.4. The van der Waals surface area contributed by atoms with Crippen LogP contribution in [-0.4, -0.2) is 33.7 Å². The summed E-state index contributed by atoms with van der Waals surface area (Å²) in [6, 6.07) is 6.36. The number of carbonyl (C=O) groups is 2. The van der Waals surface area contributed by atoms with E-state index in [9.17, 15) is 31.1 Å². The SMILES string of the molecule is CC(NC(=O)C1(N)CC1)c1ccc(Nc2ccc(Cl)cc2C(F)(F)F)cn1.O=C(O)C(F)(F)F. The second-order valence-electron chi connectivity index (χ2n) is 7.44. The molecule has 186 valence electrons. The lowest BCUT2D eigenvalue weighted by Gasteiger charge is -2.18. The molecule has 1 saturated carbocycles. The molecular formula is C20H19ClF6N4O3. The topological polar surface area (TPSA) is 117 Å². The maximum absolute atomic E-state index is 13.2. The minimum Gasteiger partial charge on any atom is -0.475 e. The Morgan fingerprint density at radius 1 is 1.15 bits per heavy atom. The standard InChI is InChI=1S/C18H18ClF3N4O.C2HF3O2/c1-10(25-16(27)17(23)6-7-17)14-5-3-12(9-24-14)26-15-4-2-11(19)8-13(15)18(20,21)22;3-2(4,5)1(6)7/h2-5,8-10,26H,6-7,23H2,1H3,(H,25,27);(H,6,7). The number of nitrogens with one attached hydrogen (secondary N) is 2. The van der Waals surface area contributed by atoms with Gasteiger partial charge < -0.3 is 21.5 Å². The summed E-state index contributed by atoms with van der Waals surface area (Å²) in [4.78, 5) is 25.1. The Hall–Kier alpha value is -3.06. The molecule has 1 amide bonds. The lowest BCUT2D eigenvalue weighted by Crippen LogP contribution is -2.43. The molecule has 1 heterocycles. The Morgan fingerprint density at radius 2 is 1.74 bits per heavy atom. The van der Waals surface area contributed by atoms with E-state index < -0.39 is 29.4 Å². The molecule has 5 N–H and O–H groups in total. The zero-order valence-corrected chi connectivity index (χ0v) is 18.1. The highest BCUT2D eigenvalue weighted by molar-refractivity contribution is 6.30. The van der Waals surface area contributed by atoms with Crippen molar-refractivity contribution in [1.82, 2.24) is 10.3 Å². The number of carbonyl (C=O) groups excluding carboxylic acids is 1. The number of alkyl halides is 6. The molecule has 0 aliphatic heterocycles. The second-order valence-corrected chi connectivity index (χ2v) is 7.88. The van der Waals surface area contributed by atoms with Crippen LogP contribution in [0.3, 0.4) is 0 Å². The van der Waals surface area contributed by atoms with Gasteiger partial charge in [-0.3, -0.25) is 9.78 Å². The number of aliphatic carboxylic acids is 1. The van der Waals surface area contributed by atoms with E-state index in [4.69, 9.17) is 27.2 Å². The van der Waals surface area contributed by atoms with E-state index in [-0.39, 0.29) is 22.7 Å². The van der Waals surface area contributed by atoms with Gasteiger partial charge in [0, 0.05) is 5.02 Å². The largest absolute Gasteiger partial charge is 0.490 e. The first-order valence-electron chi connectivity index (χ1n) is 9.52. The molecule has 0 spiro atoms. The third-order valence-corrected chi connectivity index (χ3v) is 4.86. The molecule has 1 fully saturated rings. The Kier molecular flexibility index (Phi) is 8.04. The van der Waals surface area contributed by atoms with Gasteiger partial charge in [0.1, 0.15) is 0 Å². The van der Waals surface area contributed by atoms with Crippen LogP contribution < -0.4 is 16.4 Å². The number of carboxylic acids is 1. The van der Waals surface area contributed by atoms with E-state index in [2.05, 4.69) is 15.6 Å². The smallest absolute Gasteiger partial charge is 0.475 e. The van der Waals surface area contributed by atoms with Crippen molar-refractivity contribution in [3.05, 3.63) is 52.8 Å². The van der Waals surface area contributed by atoms with Crippen molar-refractivity contribution in [3.63, 3.8) is 0 Å². The Balaban J connectivity index is 0.000000509. The summed E-state index contributed by atoms with van der Waals surface area (Å²) in [5, 5.41) is 12.6. The van der Waals surface area contributed by atoms with Crippen molar-refractivity contribution in [1.29, 1.82) is 0 Å². The fourth-order valence-corrected chi connectivity index (χ4v) is 2.70. The monoisotopic (exact) mass is 512 g/mol. The van der Waals surface area contributed by atoms with Crippen molar-refractivity contribution in [2.75, 3.05) is 5.32 Å². The highest BCUT2D eigenvalue weighted by Gasteiger charge is 2.46. The van der Waals surface area contributed by atoms with E-state index in [0.717, 1.165) is 6.07 Å². The number of amides is 1. The van der Waals surface area contributed by atoms with Gasteiger partial charge in [0.15, 0.2) is 0 Å². The molecule has 1 atom stereocenters. The summed E-state index contributed by atoms with van der Waals surface area (Å²) in [5.41, 5.74) is 5.03. The molecule has 14 heteroatoms. The average molecular weight is 513 g/mol. The number of halogens is 7. The highest BCUT2D eigenvalue weighted by Crippen LogP contribution is 2.37. The summed E-state index contributed by atoms with van der Waals surface area (Å²) in [6.07, 6.45) is -6.91. The number of rotatable bonds is 5. The number of hydrogen-bond acceptors (Lipinski definition) is 5. The van der Waals surface area contributed by atoms with E-state index in [1.165, 1.54) is 18.3 Å². The molecule has 0 radical (unpaired) electrons. The lowest BCUT2D eigenvalue weighted by atomic mass is 10.1. The number of anilines is 2. The Labute approximate surface area is 194 Å². The van der Waals surface area contributed by atoms with Gasteiger partial charge >= 0.3 is 18.3 Å². The van der Waals surface area contributed by atoms with Gasteiger partial charge in [-0.1, -0.05) is 11.6 Å². The number of pyridine rings is 1. The van der Waals surface area contributed by atoms with Crippen LogP contribution >= 0.6 is 11.6 Å². The number of nitrogens with two attached hydrogens (primary N) is 1. The number of benzene rings is 1. The van der Waals surface area contributed by atoms with Gasteiger partial charge in [-0.15, -0.1) is 0 Å². The van der Waals surface area contributed by atoms with Gasteiger partial charge in [0.25, 0.3) is 0 Å². The molecule has 1 aromatic heterocycles. The van der Waals surface area contributed by atoms with Crippen LogP contribution in [0.15, 0.2) is 36.5 Å². The van der Waals surface area contributed by atoms with Crippen LogP contribution in [0.25, 0.3) is 0 Å². The summed E-state index contributed by atoms with van der Waals surface area (Å²) >= 11 is 5.68. The van der Waals surface area contributed by atoms with Crippen LogP contribution in [0, 0.1) is 0 Å². The second kappa shape index (κ2) is 10.1. The zero-order chi connectivity index (χ0) is 25.9. The molecule has 1 unspecified atom stereocenters. The van der Waals surface area contributed by atoms with E-state index in [1.807, 2.05) is 0 Å². The first-order valence-corrected chi connectivity index (χ1v) is 9.90. The maximum Gasteiger partial charge on any atom is 0.490 e. The summed E-state index contributed by atoms with van der Waals surface area (Å²) < 4.78 is 71.2. The Morgan fingerprint density at radius 3 is 2.18 bits per heavy atom. The van der Waals surface area contributed by atoms with E-state index >= 15 is 0 Å². The minimum atomic E-state index is -5.08. The predicted octanol–water partition coefficient (Wildman–Crippen LogP) is 4.80. The van der Waals surface area contributed by atoms with Crippen LogP contribution in [0.1, 0.15) is 37.1 Å². The van der Waals surface area contributed by atoms with Crippen molar-refractivity contribution in [2.45, 2.75) is 43.7 Å². The molecule has 7 nitrogen and oxygen atoms in total. The molecule has 0 saturated heterocycles. The van der Waals surface area contributed by atoms with Gasteiger partial charge in [0.05, 0.1) is 40.4 Å². The molecule has 1 aliphatic rings. The number of hydrogen-bond donors (Lipinski definition) is 4. The third kappa shape index (κ3) is 7.48. The molecular weight excluding hydrogens is 494 g/mol. The molecule has 1 aromatic carbocycles. The first-order chi connectivity index (χ1) is 15.5. The quantitative estimate of drug-likeness (QED) is 0.428. The van der Waals surface area contributed by atoms with Gasteiger partial charge in [-0.2, -0.15) is 26.3 Å². The fraction of sp³-hybridized carbons (Fsp3) is 0.350. The summed E-state index contributed by atoms with van der Waals surface area (Å²) in [7, 11) is 0. The van der Waals surface area contributed by atoms with Crippen molar-refractivity contribution < 1.29 is 41.0 Å². The molecule has 3 rings (SSSR count). The number of carboxylic acid groups (broad SMARTS) is 1. The van der Waals surface area contributed by atoms with Crippen LogP contribution in [0.5, 0.6) is 0 Å². The van der Waals surface area contributed by atoms with Crippen molar-refractivity contribution in [3.8, 4) is 0 Å². The summed E-state index contributed by atoms with van der Waals surface area (Å²) in [5.74, 6) is -2.98.